The summed E-state index contributed by atoms with van der Waals surface area (Å²) in [6, 6.07) is 16.6. The maximum Gasteiger partial charge on any atom is 0.124 e. The predicted octanol–water partition coefficient (Wildman–Crippen LogP) is 4.24. The first-order valence-corrected chi connectivity index (χ1v) is 7.47. The molecule has 0 saturated heterocycles. The molecule has 0 fully saturated rings. The fraction of sp³-hybridized carbons (Fsp3) is 0.118. The molecule has 0 radical (unpaired) electrons. The third kappa shape index (κ3) is 2.50. The molecule has 1 heterocycles. The lowest BCUT2D eigenvalue weighted by atomic mass is 10.1. The van der Waals surface area contributed by atoms with Crippen LogP contribution in [0.1, 0.15) is 11.1 Å². The molecule has 2 N–H and O–H groups in total. The Morgan fingerprint density at radius 1 is 1.05 bits per heavy atom. The van der Waals surface area contributed by atoms with Gasteiger partial charge < -0.3 is 5.73 Å². The van der Waals surface area contributed by atoms with E-state index in [2.05, 4.69) is 60.8 Å². The van der Waals surface area contributed by atoms with Crippen LogP contribution in [0.5, 0.6) is 0 Å². The third-order valence-corrected chi connectivity index (χ3v) is 4.24. The summed E-state index contributed by atoms with van der Waals surface area (Å²) in [5.74, 6) is 0. The molecule has 2 nitrogen and oxygen atoms in total. The summed E-state index contributed by atoms with van der Waals surface area (Å²) in [6.07, 6.45) is 0. The fourth-order valence-electron chi connectivity index (χ4n) is 2.15. The SMILES string of the molecule is Cc1ccccc1-c1nc(-c2ccc(CN)cc2)cs1. The lowest BCUT2D eigenvalue weighted by Crippen LogP contribution is -1.95. The van der Waals surface area contributed by atoms with Gasteiger partial charge in [0.2, 0.25) is 0 Å². The van der Waals surface area contributed by atoms with Crippen molar-refractivity contribution in [1.82, 2.24) is 4.98 Å². The summed E-state index contributed by atoms with van der Waals surface area (Å²) in [5, 5.41) is 3.18. The van der Waals surface area contributed by atoms with Gasteiger partial charge in [0, 0.05) is 23.1 Å². The Morgan fingerprint density at radius 2 is 1.80 bits per heavy atom. The number of nitrogens with two attached hydrogens (primary N) is 1. The van der Waals surface area contributed by atoms with Gasteiger partial charge in [-0.05, 0) is 18.1 Å². The highest BCUT2D eigenvalue weighted by Gasteiger charge is 2.08. The number of aromatic nitrogens is 1. The second-order valence-corrected chi connectivity index (χ2v) is 5.61. The molecule has 0 atom stereocenters. The number of thiazole rings is 1. The Morgan fingerprint density at radius 3 is 2.50 bits per heavy atom. The molecule has 100 valence electrons. The quantitative estimate of drug-likeness (QED) is 0.779. The van der Waals surface area contributed by atoms with Crippen LogP contribution in [-0.4, -0.2) is 4.98 Å². The highest BCUT2D eigenvalue weighted by atomic mass is 32.1. The maximum absolute atomic E-state index is 5.62. The topological polar surface area (TPSA) is 38.9 Å². The van der Waals surface area contributed by atoms with Crippen LogP contribution in [0.25, 0.3) is 21.8 Å². The van der Waals surface area contributed by atoms with E-state index >= 15 is 0 Å². The third-order valence-electron chi connectivity index (χ3n) is 3.37. The van der Waals surface area contributed by atoms with Gasteiger partial charge in [-0.1, -0.05) is 48.5 Å². The molecular formula is C17H16N2S. The van der Waals surface area contributed by atoms with Crippen molar-refractivity contribution >= 4 is 11.3 Å². The number of hydrogen-bond acceptors (Lipinski definition) is 3. The van der Waals surface area contributed by atoms with E-state index in [0.717, 1.165) is 21.8 Å². The van der Waals surface area contributed by atoms with E-state index in [1.54, 1.807) is 11.3 Å². The zero-order valence-corrected chi connectivity index (χ0v) is 12.2. The molecule has 0 aliphatic rings. The van der Waals surface area contributed by atoms with Crippen molar-refractivity contribution in [2.75, 3.05) is 0 Å². The molecule has 3 heteroatoms. The van der Waals surface area contributed by atoms with Crippen molar-refractivity contribution in [3.05, 3.63) is 65.0 Å². The monoisotopic (exact) mass is 280 g/mol. The summed E-state index contributed by atoms with van der Waals surface area (Å²) in [5.41, 5.74) is 11.4. The van der Waals surface area contributed by atoms with Gasteiger partial charge in [0.15, 0.2) is 0 Å². The molecule has 0 unspecified atom stereocenters. The molecule has 0 aliphatic heterocycles. The summed E-state index contributed by atoms with van der Waals surface area (Å²) in [6.45, 7) is 2.69. The molecular weight excluding hydrogens is 264 g/mol. The summed E-state index contributed by atoms with van der Waals surface area (Å²) in [4.78, 5) is 4.75. The highest BCUT2D eigenvalue weighted by Crippen LogP contribution is 2.30. The van der Waals surface area contributed by atoms with Gasteiger partial charge in [-0.25, -0.2) is 4.98 Å². The molecule has 3 rings (SSSR count). The molecule has 3 aromatic rings. The first-order chi connectivity index (χ1) is 9.78. The summed E-state index contributed by atoms with van der Waals surface area (Å²) in [7, 11) is 0. The van der Waals surface area contributed by atoms with Crippen LogP contribution in [0.3, 0.4) is 0 Å². The van der Waals surface area contributed by atoms with Crippen molar-refractivity contribution in [2.24, 2.45) is 5.73 Å². The number of hydrogen-bond donors (Lipinski definition) is 1. The Hall–Kier alpha value is -1.97. The first kappa shape index (κ1) is 13.0. The molecule has 20 heavy (non-hydrogen) atoms. The number of benzene rings is 2. The molecule has 0 spiro atoms. The minimum atomic E-state index is 0.575. The van der Waals surface area contributed by atoms with Gasteiger partial charge >= 0.3 is 0 Å². The molecule has 0 saturated carbocycles. The van der Waals surface area contributed by atoms with E-state index in [1.165, 1.54) is 11.1 Å². The Labute approximate surface area is 122 Å². The van der Waals surface area contributed by atoms with Crippen molar-refractivity contribution in [3.8, 4) is 21.8 Å². The fourth-order valence-corrected chi connectivity index (χ4v) is 3.07. The summed E-state index contributed by atoms with van der Waals surface area (Å²) >= 11 is 1.69. The zero-order chi connectivity index (χ0) is 13.9. The number of rotatable bonds is 3. The molecule has 0 bridgehead atoms. The van der Waals surface area contributed by atoms with Gasteiger partial charge in [0.1, 0.15) is 5.01 Å². The van der Waals surface area contributed by atoms with Crippen molar-refractivity contribution in [1.29, 1.82) is 0 Å². The lowest BCUT2D eigenvalue weighted by Gasteiger charge is -2.01. The van der Waals surface area contributed by atoms with Gasteiger partial charge in [-0.3, -0.25) is 0 Å². The minimum Gasteiger partial charge on any atom is -0.326 e. The van der Waals surface area contributed by atoms with E-state index < -0.39 is 0 Å². The van der Waals surface area contributed by atoms with Gasteiger partial charge in [-0.15, -0.1) is 11.3 Å². The van der Waals surface area contributed by atoms with Crippen LogP contribution in [0.15, 0.2) is 53.9 Å². The zero-order valence-electron chi connectivity index (χ0n) is 11.3. The van der Waals surface area contributed by atoms with E-state index in [0.29, 0.717) is 6.54 Å². The van der Waals surface area contributed by atoms with Crippen molar-refractivity contribution < 1.29 is 0 Å². The Kier molecular flexibility index (Phi) is 3.63. The van der Waals surface area contributed by atoms with E-state index in [-0.39, 0.29) is 0 Å². The average Bonchev–Trinajstić information content (AvgIpc) is 2.97. The lowest BCUT2D eigenvalue weighted by molar-refractivity contribution is 1.07. The van der Waals surface area contributed by atoms with Crippen molar-refractivity contribution in [2.45, 2.75) is 13.5 Å². The van der Waals surface area contributed by atoms with Gasteiger partial charge in [0.25, 0.3) is 0 Å². The predicted molar refractivity (Wildman–Crippen MR) is 85.6 cm³/mol. The first-order valence-electron chi connectivity index (χ1n) is 6.59. The molecule has 0 aliphatic carbocycles. The summed E-state index contributed by atoms with van der Waals surface area (Å²) < 4.78 is 0. The second-order valence-electron chi connectivity index (χ2n) is 4.75. The normalized spacial score (nSPS) is 10.7. The largest absolute Gasteiger partial charge is 0.326 e. The standard InChI is InChI=1S/C17H16N2S/c1-12-4-2-3-5-15(12)17-19-16(11-20-17)14-8-6-13(10-18)7-9-14/h2-9,11H,10,18H2,1H3. The number of aryl methyl sites for hydroxylation is 1. The molecule has 1 aromatic heterocycles. The van der Waals surface area contributed by atoms with Crippen LogP contribution in [-0.2, 0) is 6.54 Å². The van der Waals surface area contributed by atoms with Crippen LogP contribution in [0, 0.1) is 6.92 Å². The Balaban J connectivity index is 1.95. The highest BCUT2D eigenvalue weighted by molar-refractivity contribution is 7.13. The number of nitrogens with zero attached hydrogens (tertiary/aromatic N) is 1. The van der Waals surface area contributed by atoms with Crippen molar-refractivity contribution in [3.63, 3.8) is 0 Å². The molecule has 2 aromatic carbocycles. The van der Waals surface area contributed by atoms with Crippen LogP contribution in [0.2, 0.25) is 0 Å². The average molecular weight is 280 g/mol. The van der Waals surface area contributed by atoms with Gasteiger partial charge in [0.05, 0.1) is 5.69 Å². The van der Waals surface area contributed by atoms with E-state index in [9.17, 15) is 0 Å². The van der Waals surface area contributed by atoms with E-state index in [4.69, 9.17) is 10.7 Å². The van der Waals surface area contributed by atoms with Gasteiger partial charge in [-0.2, -0.15) is 0 Å². The maximum atomic E-state index is 5.62. The minimum absolute atomic E-state index is 0.575. The van der Waals surface area contributed by atoms with Crippen LogP contribution < -0.4 is 5.73 Å². The smallest absolute Gasteiger partial charge is 0.124 e. The Bertz CT molecular complexity index is 714. The van der Waals surface area contributed by atoms with Crippen LogP contribution in [0.4, 0.5) is 0 Å². The molecule has 0 amide bonds. The van der Waals surface area contributed by atoms with Crippen LogP contribution >= 0.6 is 11.3 Å². The second kappa shape index (κ2) is 5.57. The van der Waals surface area contributed by atoms with E-state index in [1.807, 2.05) is 0 Å².